The van der Waals surface area contributed by atoms with Crippen molar-refractivity contribution in [2.24, 2.45) is 23.0 Å². The molecule has 0 radical (unpaired) electrons. The molecule has 0 aromatic heterocycles. The predicted molar refractivity (Wildman–Crippen MR) is 87.0 cm³/mol. The molecule has 4 nitrogen and oxygen atoms in total. The van der Waals surface area contributed by atoms with E-state index in [2.05, 4.69) is 39.1 Å². The number of primary amides is 1. The summed E-state index contributed by atoms with van der Waals surface area (Å²) in [4.78, 5) is 23.5. The van der Waals surface area contributed by atoms with Crippen LogP contribution in [0.2, 0.25) is 0 Å². The van der Waals surface area contributed by atoms with Crippen LogP contribution in [0.4, 0.5) is 0 Å². The van der Waals surface area contributed by atoms with Gasteiger partial charge in [0.05, 0.1) is 5.92 Å². The largest absolute Gasteiger partial charge is 0.366 e. The van der Waals surface area contributed by atoms with Crippen molar-refractivity contribution in [2.45, 2.75) is 34.2 Å². The summed E-state index contributed by atoms with van der Waals surface area (Å²) in [5.74, 6) is -0.0757. The van der Waals surface area contributed by atoms with Gasteiger partial charge >= 0.3 is 0 Å². The Labute approximate surface area is 131 Å². The predicted octanol–water partition coefficient (Wildman–Crippen LogP) is 2.64. The van der Waals surface area contributed by atoms with Crippen LogP contribution < -0.4 is 11.1 Å². The molecule has 22 heavy (non-hydrogen) atoms. The fourth-order valence-electron chi connectivity index (χ4n) is 2.98. The molecule has 118 valence electrons. The van der Waals surface area contributed by atoms with E-state index in [1.807, 2.05) is 6.07 Å². The van der Waals surface area contributed by atoms with E-state index in [0.717, 1.165) is 5.56 Å². The Bertz CT molecular complexity index is 628. The minimum atomic E-state index is -0.458. The van der Waals surface area contributed by atoms with Crippen LogP contribution in [0.1, 0.15) is 43.6 Å². The molecule has 3 N–H and O–H groups in total. The van der Waals surface area contributed by atoms with Gasteiger partial charge < -0.3 is 11.1 Å². The smallest absolute Gasteiger partial charge is 0.248 e. The van der Waals surface area contributed by atoms with Crippen LogP contribution in [-0.4, -0.2) is 11.8 Å². The number of benzene rings is 1. The van der Waals surface area contributed by atoms with Crippen molar-refractivity contribution in [1.29, 1.82) is 0 Å². The topological polar surface area (TPSA) is 72.2 Å². The summed E-state index contributed by atoms with van der Waals surface area (Å²) >= 11 is 0. The van der Waals surface area contributed by atoms with Gasteiger partial charge in [-0.25, -0.2) is 0 Å². The van der Waals surface area contributed by atoms with E-state index >= 15 is 0 Å². The Kier molecular flexibility index (Phi) is 4.40. The standard InChI is InChI=1S/C18H24N2O2/c1-11(2)8-14-15(18(14,3)4)17(22)20-10-12-6-5-7-13(9-12)16(19)21/h5-9,14-15H,10H2,1-4H3,(H2,19,21)(H,20,22)/t14-,15-/m0/s1. The second kappa shape index (κ2) is 5.95. The number of hydrogen-bond acceptors (Lipinski definition) is 2. The Balaban J connectivity index is 1.98. The third-order valence-electron chi connectivity index (χ3n) is 4.38. The van der Waals surface area contributed by atoms with Crippen LogP contribution in [0, 0.1) is 17.3 Å². The Hall–Kier alpha value is -2.10. The van der Waals surface area contributed by atoms with E-state index in [0.29, 0.717) is 18.0 Å². The quantitative estimate of drug-likeness (QED) is 0.821. The number of allylic oxidation sites excluding steroid dienone is 2. The summed E-state index contributed by atoms with van der Waals surface area (Å²) in [6.07, 6.45) is 2.18. The van der Waals surface area contributed by atoms with Gasteiger partial charge in [-0.2, -0.15) is 0 Å². The lowest BCUT2D eigenvalue weighted by Gasteiger charge is -2.07. The zero-order valence-electron chi connectivity index (χ0n) is 13.6. The fraction of sp³-hybridized carbons (Fsp3) is 0.444. The van der Waals surface area contributed by atoms with Crippen molar-refractivity contribution < 1.29 is 9.59 Å². The molecule has 2 atom stereocenters. The maximum Gasteiger partial charge on any atom is 0.248 e. The van der Waals surface area contributed by atoms with Crippen molar-refractivity contribution in [2.75, 3.05) is 0 Å². The number of amides is 2. The first-order chi connectivity index (χ1) is 10.2. The van der Waals surface area contributed by atoms with E-state index in [9.17, 15) is 9.59 Å². The number of nitrogens with two attached hydrogens (primary N) is 1. The third kappa shape index (κ3) is 3.38. The molecular formula is C18H24N2O2. The third-order valence-corrected chi connectivity index (χ3v) is 4.38. The highest BCUT2D eigenvalue weighted by molar-refractivity contribution is 5.92. The number of nitrogens with one attached hydrogen (secondary N) is 1. The summed E-state index contributed by atoms with van der Waals surface area (Å²) < 4.78 is 0. The van der Waals surface area contributed by atoms with Crippen LogP contribution in [-0.2, 0) is 11.3 Å². The highest BCUT2D eigenvalue weighted by atomic mass is 16.2. The minimum Gasteiger partial charge on any atom is -0.366 e. The maximum atomic E-state index is 12.4. The monoisotopic (exact) mass is 300 g/mol. The SMILES string of the molecule is CC(C)=C[C@H]1[C@@H](C(=O)NCc2cccc(C(N)=O)c2)C1(C)C. The van der Waals surface area contributed by atoms with E-state index in [4.69, 9.17) is 5.73 Å². The number of carbonyl (C=O) groups excluding carboxylic acids is 2. The second-order valence-electron chi connectivity index (χ2n) is 6.85. The minimum absolute atomic E-state index is 0.0103. The molecule has 2 rings (SSSR count). The first-order valence-corrected chi connectivity index (χ1v) is 7.55. The summed E-state index contributed by atoms with van der Waals surface area (Å²) in [5, 5.41) is 2.97. The van der Waals surface area contributed by atoms with Gasteiger partial charge in [0.2, 0.25) is 11.8 Å². The van der Waals surface area contributed by atoms with E-state index in [-0.39, 0.29) is 17.2 Å². The normalized spacial score (nSPS) is 21.8. The number of hydrogen-bond donors (Lipinski definition) is 2. The van der Waals surface area contributed by atoms with Crippen molar-refractivity contribution in [3.63, 3.8) is 0 Å². The summed E-state index contributed by atoms with van der Waals surface area (Å²) in [6.45, 7) is 8.76. The molecule has 2 amide bonds. The van der Waals surface area contributed by atoms with Crippen LogP contribution in [0.15, 0.2) is 35.9 Å². The molecule has 0 unspecified atom stereocenters. The van der Waals surface area contributed by atoms with Crippen LogP contribution >= 0.6 is 0 Å². The van der Waals surface area contributed by atoms with Gasteiger partial charge in [-0.1, -0.05) is 37.6 Å². The highest BCUT2D eigenvalue weighted by Gasteiger charge is 2.60. The first-order valence-electron chi connectivity index (χ1n) is 7.55. The summed E-state index contributed by atoms with van der Waals surface area (Å²) in [5.41, 5.74) is 7.85. The Morgan fingerprint density at radius 3 is 2.59 bits per heavy atom. The molecule has 1 fully saturated rings. The summed E-state index contributed by atoms with van der Waals surface area (Å²) in [7, 11) is 0. The van der Waals surface area contributed by atoms with E-state index in [1.54, 1.807) is 18.2 Å². The lowest BCUT2D eigenvalue weighted by atomic mass is 10.1. The Morgan fingerprint density at radius 2 is 2.00 bits per heavy atom. The number of carbonyl (C=O) groups is 2. The lowest BCUT2D eigenvalue weighted by molar-refractivity contribution is -0.123. The van der Waals surface area contributed by atoms with Crippen LogP contribution in [0.3, 0.4) is 0 Å². The molecule has 0 aliphatic heterocycles. The lowest BCUT2D eigenvalue weighted by Crippen LogP contribution is -2.26. The molecule has 1 aromatic rings. The molecule has 1 aliphatic carbocycles. The molecular weight excluding hydrogens is 276 g/mol. The van der Waals surface area contributed by atoms with Crippen LogP contribution in [0.25, 0.3) is 0 Å². The van der Waals surface area contributed by atoms with Crippen molar-refractivity contribution >= 4 is 11.8 Å². The van der Waals surface area contributed by atoms with Gasteiger partial charge in [0.1, 0.15) is 0 Å². The zero-order valence-corrected chi connectivity index (χ0v) is 13.6. The van der Waals surface area contributed by atoms with Gasteiger partial charge in [-0.15, -0.1) is 0 Å². The molecule has 0 saturated heterocycles. The van der Waals surface area contributed by atoms with Gasteiger partial charge in [-0.05, 0) is 42.9 Å². The van der Waals surface area contributed by atoms with Crippen molar-refractivity contribution in [3.8, 4) is 0 Å². The van der Waals surface area contributed by atoms with E-state index < -0.39 is 5.91 Å². The fourth-order valence-corrected chi connectivity index (χ4v) is 2.98. The molecule has 1 aromatic carbocycles. The van der Waals surface area contributed by atoms with Gasteiger partial charge in [0.15, 0.2) is 0 Å². The highest BCUT2D eigenvalue weighted by Crippen LogP contribution is 2.59. The molecule has 0 bridgehead atoms. The summed E-state index contributed by atoms with van der Waals surface area (Å²) in [6, 6.07) is 7.03. The maximum absolute atomic E-state index is 12.4. The first kappa shape index (κ1) is 16.3. The molecule has 1 aliphatic rings. The molecule has 0 heterocycles. The van der Waals surface area contributed by atoms with Crippen molar-refractivity contribution in [1.82, 2.24) is 5.32 Å². The number of rotatable bonds is 5. The average Bonchev–Trinajstić information content (AvgIpc) is 2.96. The van der Waals surface area contributed by atoms with Crippen molar-refractivity contribution in [3.05, 3.63) is 47.0 Å². The van der Waals surface area contributed by atoms with E-state index in [1.165, 1.54) is 5.57 Å². The van der Waals surface area contributed by atoms with Gasteiger partial charge in [0.25, 0.3) is 0 Å². The zero-order chi connectivity index (χ0) is 16.5. The molecule has 4 heteroatoms. The molecule has 0 spiro atoms. The van der Waals surface area contributed by atoms with Crippen LogP contribution in [0.5, 0.6) is 0 Å². The van der Waals surface area contributed by atoms with Gasteiger partial charge in [0, 0.05) is 12.1 Å². The second-order valence-corrected chi connectivity index (χ2v) is 6.85. The van der Waals surface area contributed by atoms with Gasteiger partial charge in [-0.3, -0.25) is 9.59 Å². The molecule has 1 saturated carbocycles. The Morgan fingerprint density at radius 1 is 1.32 bits per heavy atom. The average molecular weight is 300 g/mol.